The summed E-state index contributed by atoms with van der Waals surface area (Å²) in [6.07, 6.45) is 2.47. The van der Waals surface area contributed by atoms with Crippen LogP contribution in [0.5, 0.6) is 11.5 Å². The second-order valence-corrected chi connectivity index (χ2v) is 6.18. The Morgan fingerprint density at radius 1 is 1.20 bits per heavy atom. The van der Waals surface area contributed by atoms with E-state index in [-0.39, 0.29) is 35.7 Å². The van der Waals surface area contributed by atoms with Gasteiger partial charge in [0.25, 0.3) is 5.69 Å². The molecule has 0 spiro atoms. The normalized spacial score (nSPS) is 20.1. The molecule has 1 amide bonds. The van der Waals surface area contributed by atoms with Crippen molar-refractivity contribution in [2.75, 3.05) is 14.2 Å². The highest BCUT2D eigenvalue weighted by atomic mass is 16.6. The minimum Gasteiger partial charge on any atom is -0.493 e. The molecule has 1 saturated heterocycles. The first-order chi connectivity index (χ1) is 11.9. The van der Waals surface area contributed by atoms with Gasteiger partial charge >= 0.3 is 6.09 Å². The molecule has 1 aromatic carbocycles. The number of piperidine rings is 1. The second kappa shape index (κ2) is 8.04. The number of amides is 1. The molecule has 0 N–H and O–H groups in total. The number of rotatable bonds is 5. The Morgan fingerprint density at radius 2 is 1.76 bits per heavy atom. The van der Waals surface area contributed by atoms with Crippen molar-refractivity contribution >= 4 is 11.8 Å². The second-order valence-electron chi connectivity index (χ2n) is 6.18. The molecule has 8 nitrogen and oxygen atoms in total. The molecule has 0 unspecified atom stereocenters. The number of carbonyl (C=O) groups excluding carboxylic acids is 1. The Kier molecular flexibility index (Phi) is 6.06. The fourth-order valence-corrected chi connectivity index (χ4v) is 3.19. The number of benzene rings is 1. The molecule has 0 radical (unpaired) electrons. The number of hydrogen-bond donors (Lipinski definition) is 0. The van der Waals surface area contributed by atoms with Gasteiger partial charge in [-0.3, -0.25) is 10.1 Å². The van der Waals surface area contributed by atoms with Crippen molar-refractivity contribution in [2.45, 2.75) is 51.8 Å². The lowest BCUT2D eigenvalue weighted by atomic mass is 9.98. The lowest BCUT2D eigenvalue weighted by Crippen LogP contribution is -2.47. The van der Waals surface area contributed by atoms with Gasteiger partial charge in [0.2, 0.25) is 0 Å². The van der Waals surface area contributed by atoms with Crippen LogP contribution in [0.25, 0.3) is 0 Å². The molecule has 1 aromatic rings. The van der Waals surface area contributed by atoms with Gasteiger partial charge in [-0.25, -0.2) is 4.79 Å². The lowest BCUT2D eigenvalue weighted by molar-refractivity contribution is -0.385. The summed E-state index contributed by atoms with van der Waals surface area (Å²) < 4.78 is 15.6. The monoisotopic (exact) mass is 352 g/mol. The minimum atomic E-state index is -0.530. The average Bonchev–Trinajstić information content (AvgIpc) is 2.58. The van der Waals surface area contributed by atoms with E-state index in [4.69, 9.17) is 14.2 Å². The molecule has 0 saturated carbocycles. The highest BCUT2D eigenvalue weighted by Gasteiger charge is 2.30. The van der Waals surface area contributed by atoms with Crippen LogP contribution in [-0.4, -0.2) is 42.2 Å². The molecular formula is C17H24N2O6. The minimum absolute atomic E-state index is 0.0941. The van der Waals surface area contributed by atoms with E-state index in [9.17, 15) is 14.9 Å². The van der Waals surface area contributed by atoms with E-state index in [0.29, 0.717) is 5.75 Å². The molecule has 0 bridgehead atoms. The Labute approximate surface area is 146 Å². The van der Waals surface area contributed by atoms with Gasteiger partial charge in [0.05, 0.1) is 30.8 Å². The standard InChI is InChI=1S/C17H24N2O6/c1-11-6-5-7-12(2)18(11)17(20)25-10-13-8-15(23-3)16(24-4)9-14(13)19(21)22/h8-9,11-12H,5-7,10H2,1-4H3/t11-,12+. The summed E-state index contributed by atoms with van der Waals surface area (Å²) in [6.45, 7) is 3.76. The quantitative estimate of drug-likeness (QED) is 0.595. The summed E-state index contributed by atoms with van der Waals surface area (Å²) in [6, 6.07) is 2.93. The van der Waals surface area contributed by atoms with Crippen molar-refractivity contribution in [3.63, 3.8) is 0 Å². The first-order valence-corrected chi connectivity index (χ1v) is 8.23. The number of hydrogen-bond acceptors (Lipinski definition) is 6. The Balaban J connectivity index is 2.18. The molecule has 1 fully saturated rings. The summed E-state index contributed by atoms with van der Waals surface area (Å²) in [5.74, 6) is 0.599. The van der Waals surface area contributed by atoms with Crippen molar-refractivity contribution in [3.8, 4) is 11.5 Å². The zero-order chi connectivity index (χ0) is 18.6. The van der Waals surface area contributed by atoms with Gasteiger partial charge in [-0.05, 0) is 39.2 Å². The van der Waals surface area contributed by atoms with E-state index in [1.54, 1.807) is 4.90 Å². The third-order valence-electron chi connectivity index (χ3n) is 4.54. The first kappa shape index (κ1) is 18.8. The fourth-order valence-electron chi connectivity index (χ4n) is 3.19. The third kappa shape index (κ3) is 4.12. The van der Waals surface area contributed by atoms with E-state index in [1.807, 2.05) is 13.8 Å². The number of nitrogens with zero attached hydrogens (tertiary/aromatic N) is 2. The van der Waals surface area contributed by atoms with Crippen LogP contribution in [0.15, 0.2) is 12.1 Å². The first-order valence-electron chi connectivity index (χ1n) is 8.23. The van der Waals surface area contributed by atoms with Gasteiger partial charge in [0.1, 0.15) is 6.61 Å². The molecule has 0 aliphatic carbocycles. The van der Waals surface area contributed by atoms with Crippen molar-refractivity contribution in [2.24, 2.45) is 0 Å². The number of ether oxygens (including phenoxy) is 3. The van der Waals surface area contributed by atoms with Crippen LogP contribution in [0.2, 0.25) is 0 Å². The van der Waals surface area contributed by atoms with Crippen molar-refractivity contribution in [3.05, 3.63) is 27.8 Å². The zero-order valence-electron chi connectivity index (χ0n) is 15.0. The van der Waals surface area contributed by atoms with Gasteiger partial charge in [-0.15, -0.1) is 0 Å². The van der Waals surface area contributed by atoms with Crippen LogP contribution >= 0.6 is 0 Å². The molecule has 1 heterocycles. The van der Waals surface area contributed by atoms with Crippen molar-refractivity contribution in [1.29, 1.82) is 0 Å². The van der Waals surface area contributed by atoms with Crippen LogP contribution in [0.4, 0.5) is 10.5 Å². The Morgan fingerprint density at radius 3 is 2.28 bits per heavy atom. The van der Waals surface area contributed by atoms with Crippen LogP contribution < -0.4 is 9.47 Å². The molecule has 1 aliphatic rings. The topological polar surface area (TPSA) is 91.1 Å². The SMILES string of the molecule is COc1cc(COC(=O)N2[C@H](C)CCC[C@@H]2C)c([N+](=O)[O-])cc1OC. The van der Waals surface area contributed by atoms with Crippen molar-refractivity contribution in [1.82, 2.24) is 4.90 Å². The maximum atomic E-state index is 12.4. The van der Waals surface area contributed by atoms with E-state index in [1.165, 1.54) is 26.4 Å². The van der Waals surface area contributed by atoms with E-state index in [0.717, 1.165) is 19.3 Å². The van der Waals surface area contributed by atoms with Crippen LogP contribution in [0, 0.1) is 10.1 Å². The maximum Gasteiger partial charge on any atom is 0.410 e. The number of likely N-dealkylation sites (tertiary alicyclic amines) is 1. The van der Waals surface area contributed by atoms with Crippen molar-refractivity contribution < 1.29 is 23.9 Å². The summed E-state index contributed by atoms with van der Waals surface area (Å²) in [5, 5.41) is 11.3. The molecule has 8 heteroatoms. The maximum absolute atomic E-state index is 12.4. The number of carbonyl (C=O) groups is 1. The largest absolute Gasteiger partial charge is 0.493 e. The predicted molar refractivity (Wildman–Crippen MR) is 91.0 cm³/mol. The van der Waals surface area contributed by atoms with Crippen LogP contribution in [0.1, 0.15) is 38.7 Å². The number of methoxy groups -OCH3 is 2. The van der Waals surface area contributed by atoms with Gasteiger partial charge < -0.3 is 19.1 Å². The smallest absolute Gasteiger partial charge is 0.410 e. The van der Waals surface area contributed by atoms with Crippen LogP contribution in [0.3, 0.4) is 0 Å². The van der Waals surface area contributed by atoms with Gasteiger partial charge in [0.15, 0.2) is 11.5 Å². The molecule has 0 aromatic heterocycles. The third-order valence-corrected chi connectivity index (χ3v) is 4.54. The fraction of sp³-hybridized carbons (Fsp3) is 0.588. The highest BCUT2D eigenvalue weighted by molar-refractivity contribution is 5.69. The zero-order valence-corrected chi connectivity index (χ0v) is 15.0. The van der Waals surface area contributed by atoms with E-state index in [2.05, 4.69) is 0 Å². The summed E-state index contributed by atoms with van der Waals surface area (Å²) in [7, 11) is 2.84. The van der Waals surface area contributed by atoms with Crippen LogP contribution in [-0.2, 0) is 11.3 Å². The van der Waals surface area contributed by atoms with E-state index >= 15 is 0 Å². The molecule has 25 heavy (non-hydrogen) atoms. The van der Waals surface area contributed by atoms with E-state index < -0.39 is 11.0 Å². The number of nitro benzene ring substituents is 1. The molecule has 2 atom stereocenters. The summed E-state index contributed by atoms with van der Waals surface area (Å²) in [5.41, 5.74) is 0.0820. The van der Waals surface area contributed by atoms with Gasteiger partial charge in [0, 0.05) is 12.1 Å². The number of nitro groups is 1. The summed E-state index contributed by atoms with van der Waals surface area (Å²) in [4.78, 5) is 24.9. The summed E-state index contributed by atoms with van der Waals surface area (Å²) >= 11 is 0. The highest BCUT2D eigenvalue weighted by Crippen LogP contribution is 2.35. The average molecular weight is 352 g/mol. The molecular weight excluding hydrogens is 328 g/mol. The predicted octanol–water partition coefficient (Wildman–Crippen LogP) is 3.51. The van der Waals surface area contributed by atoms with Gasteiger partial charge in [-0.1, -0.05) is 0 Å². The molecule has 2 rings (SSSR count). The molecule has 1 aliphatic heterocycles. The Bertz CT molecular complexity index is 638. The lowest BCUT2D eigenvalue weighted by Gasteiger charge is -2.37. The molecule has 138 valence electrons. The Hall–Kier alpha value is -2.51. The van der Waals surface area contributed by atoms with Gasteiger partial charge in [-0.2, -0.15) is 0 Å².